The van der Waals surface area contributed by atoms with Crippen molar-refractivity contribution in [1.82, 2.24) is 5.32 Å². The highest BCUT2D eigenvalue weighted by molar-refractivity contribution is 7.92. The molecule has 1 atom stereocenters. The molecule has 2 aromatic carbocycles. The van der Waals surface area contributed by atoms with Gasteiger partial charge in [-0.3, -0.25) is 19.2 Å². The molecule has 0 saturated carbocycles. The number of nitrogens with zero attached hydrogens (tertiary/aromatic N) is 2. The van der Waals surface area contributed by atoms with Crippen LogP contribution in [0.2, 0.25) is 0 Å². The highest BCUT2D eigenvalue weighted by atomic mass is 32.2. The molecule has 2 rings (SSSR count). The van der Waals surface area contributed by atoms with E-state index in [1.807, 2.05) is 0 Å². The van der Waals surface area contributed by atoms with E-state index in [0.717, 1.165) is 10.6 Å². The van der Waals surface area contributed by atoms with Crippen molar-refractivity contribution in [2.75, 3.05) is 31.3 Å². The summed E-state index contributed by atoms with van der Waals surface area (Å²) in [5.41, 5.74) is 0.625. The molecule has 168 valence electrons. The van der Waals surface area contributed by atoms with Crippen LogP contribution in [0, 0.1) is 17.0 Å². The molecular weight excluding hydrogens is 426 g/mol. The minimum atomic E-state index is -3.90. The molecule has 0 aliphatic rings. The van der Waals surface area contributed by atoms with Gasteiger partial charge in [0.25, 0.3) is 5.69 Å². The molecule has 10 nitrogen and oxygen atoms in total. The lowest BCUT2D eigenvalue weighted by molar-refractivity contribution is -0.385. The quantitative estimate of drug-likeness (QED) is 0.458. The number of nitro benzene ring substituents is 1. The molecule has 1 unspecified atom stereocenters. The second-order valence-electron chi connectivity index (χ2n) is 6.85. The lowest BCUT2D eigenvalue weighted by Gasteiger charge is -2.25. The predicted octanol–water partition coefficient (Wildman–Crippen LogP) is 2.56. The van der Waals surface area contributed by atoms with Crippen molar-refractivity contribution in [3.63, 3.8) is 0 Å². The zero-order chi connectivity index (χ0) is 23.3. The number of nitrogens with one attached hydrogen (secondary N) is 1. The smallest absolute Gasteiger partial charge is 0.274 e. The molecule has 11 heteroatoms. The molecule has 0 aromatic heterocycles. The fourth-order valence-corrected chi connectivity index (χ4v) is 4.04. The number of methoxy groups -OCH3 is 2. The second-order valence-corrected chi connectivity index (χ2v) is 8.75. The van der Waals surface area contributed by atoms with Crippen LogP contribution in [-0.2, 0) is 14.8 Å². The van der Waals surface area contributed by atoms with Crippen LogP contribution in [0.1, 0.15) is 24.1 Å². The van der Waals surface area contributed by atoms with Gasteiger partial charge in [0.2, 0.25) is 15.9 Å². The van der Waals surface area contributed by atoms with Crippen molar-refractivity contribution in [2.45, 2.75) is 19.9 Å². The van der Waals surface area contributed by atoms with Crippen molar-refractivity contribution < 1.29 is 27.6 Å². The Morgan fingerprint density at radius 3 is 2.45 bits per heavy atom. The van der Waals surface area contributed by atoms with Crippen LogP contribution in [0.15, 0.2) is 36.4 Å². The monoisotopic (exact) mass is 451 g/mol. The first kappa shape index (κ1) is 23.9. The minimum Gasteiger partial charge on any atom is -0.497 e. The van der Waals surface area contributed by atoms with E-state index in [9.17, 15) is 23.3 Å². The number of carbonyl (C=O) groups is 1. The van der Waals surface area contributed by atoms with Crippen LogP contribution in [0.3, 0.4) is 0 Å². The highest BCUT2D eigenvalue weighted by Gasteiger charge is 2.26. The summed E-state index contributed by atoms with van der Waals surface area (Å²) in [5.74, 6) is 0.513. The number of hydrogen-bond donors (Lipinski definition) is 1. The van der Waals surface area contributed by atoms with Crippen LogP contribution in [0.25, 0.3) is 0 Å². The number of rotatable bonds is 9. The average Bonchev–Trinajstić information content (AvgIpc) is 2.70. The SMILES string of the molecule is COc1ccc(OC)c(C(C)NC(=O)CN(c2cccc([N+](=O)[O-])c2C)S(C)(=O)=O)c1. The Balaban J connectivity index is 2.32. The van der Waals surface area contributed by atoms with E-state index in [1.165, 1.54) is 39.3 Å². The van der Waals surface area contributed by atoms with Crippen molar-refractivity contribution >= 4 is 27.3 Å². The maximum atomic E-state index is 12.7. The topological polar surface area (TPSA) is 128 Å². The molecule has 0 heterocycles. The highest BCUT2D eigenvalue weighted by Crippen LogP contribution is 2.31. The van der Waals surface area contributed by atoms with Gasteiger partial charge in [-0.05, 0) is 38.1 Å². The van der Waals surface area contributed by atoms with Crippen LogP contribution in [-0.4, -0.2) is 46.3 Å². The summed E-state index contributed by atoms with van der Waals surface area (Å²) in [7, 11) is -0.886. The fraction of sp³-hybridized carbons (Fsp3) is 0.350. The zero-order valence-electron chi connectivity index (χ0n) is 17.9. The number of carbonyl (C=O) groups excluding carboxylic acids is 1. The molecule has 31 heavy (non-hydrogen) atoms. The van der Waals surface area contributed by atoms with Gasteiger partial charge in [0.15, 0.2) is 0 Å². The van der Waals surface area contributed by atoms with Gasteiger partial charge >= 0.3 is 0 Å². The van der Waals surface area contributed by atoms with Crippen molar-refractivity contribution in [2.24, 2.45) is 0 Å². The van der Waals surface area contributed by atoms with Gasteiger partial charge in [-0.2, -0.15) is 0 Å². The number of nitro groups is 1. The Morgan fingerprint density at radius 1 is 1.23 bits per heavy atom. The second kappa shape index (κ2) is 9.65. The minimum absolute atomic E-state index is 0.0680. The Kier molecular flexibility index (Phi) is 7.45. The third kappa shape index (κ3) is 5.63. The predicted molar refractivity (Wildman–Crippen MR) is 116 cm³/mol. The molecule has 0 aliphatic heterocycles. The molecule has 0 saturated heterocycles. The summed E-state index contributed by atoms with van der Waals surface area (Å²) >= 11 is 0. The summed E-state index contributed by atoms with van der Waals surface area (Å²) in [6, 6.07) is 8.68. The zero-order valence-corrected chi connectivity index (χ0v) is 18.7. The normalized spacial score (nSPS) is 12.0. The number of hydrogen-bond acceptors (Lipinski definition) is 7. The molecule has 0 bridgehead atoms. The van der Waals surface area contributed by atoms with Crippen molar-refractivity contribution in [1.29, 1.82) is 0 Å². The molecule has 2 aromatic rings. The van der Waals surface area contributed by atoms with Crippen LogP contribution in [0.4, 0.5) is 11.4 Å². The number of amides is 1. The number of anilines is 1. The first-order valence-corrected chi connectivity index (χ1v) is 11.1. The van der Waals surface area contributed by atoms with E-state index >= 15 is 0 Å². The van der Waals surface area contributed by atoms with Gasteiger partial charge < -0.3 is 14.8 Å². The molecule has 0 radical (unpaired) electrons. The Bertz CT molecular complexity index is 1090. The maximum Gasteiger partial charge on any atom is 0.274 e. The number of sulfonamides is 1. The van der Waals surface area contributed by atoms with Crippen molar-refractivity contribution in [3.8, 4) is 11.5 Å². The first-order chi connectivity index (χ1) is 14.5. The molecular formula is C20H25N3O7S. The lowest BCUT2D eigenvalue weighted by Crippen LogP contribution is -2.41. The van der Waals surface area contributed by atoms with E-state index in [2.05, 4.69) is 5.32 Å². The third-order valence-corrected chi connectivity index (χ3v) is 5.84. The summed E-state index contributed by atoms with van der Waals surface area (Å²) < 4.78 is 36.1. The van der Waals surface area contributed by atoms with Gasteiger partial charge in [-0.15, -0.1) is 0 Å². The van der Waals surface area contributed by atoms with Gasteiger partial charge in [-0.25, -0.2) is 8.42 Å². The molecule has 0 aliphatic carbocycles. The Labute approximate surface area is 181 Å². The van der Waals surface area contributed by atoms with Crippen LogP contribution >= 0.6 is 0 Å². The van der Waals surface area contributed by atoms with Crippen LogP contribution in [0.5, 0.6) is 11.5 Å². The fourth-order valence-electron chi connectivity index (χ4n) is 3.13. The van der Waals surface area contributed by atoms with E-state index in [-0.39, 0.29) is 16.9 Å². The summed E-state index contributed by atoms with van der Waals surface area (Å²) in [6.07, 6.45) is 0.938. The van der Waals surface area contributed by atoms with Gasteiger partial charge in [0, 0.05) is 11.6 Å². The lowest BCUT2D eigenvalue weighted by atomic mass is 10.1. The Hall–Kier alpha value is -3.34. The van der Waals surface area contributed by atoms with Gasteiger partial charge in [0.05, 0.1) is 42.7 Å². The molecule has 0 spiro atoms. The summed E-state index contributed by atoms with van der Waals surface area (Å²) in [6.45, 7) is 2.61. The number of benzene rings is 2. The van der Waals surface area contributed by atoms with E-state index < -0.39 is 33.4 Å². The molecule has 0 fully saturated rings. The summed E-state index contributed by atoms with van der Waals surface area (Å²) in [5, 5.41) is 14.0. The van der Waals surface area contributed by atoms with Gasteiger partial charge in [0.1, 0.15) is 18.0 Å². The first-order valence-electron chi connectivity index (χ1n) is 9.22. The standard InChI is InChI=1S/C20H25N3O7S/c1-13-17(7-6-8-18(13)23(25)26)22(31(5,27)28)12-20(24)21-14(2)16-11-15(29-3)9-10-19(16)30-4/h6-11,14H,12H2,1-5H3,(H,21,24). The molecule has 1 N–H and O–H groups in total. The number of ether oxygens (including phenoxy) is 2. The Morgan fingerprint density at radius 2 is 1.90 bits per heavy atom. The van der Waals surface area contributed by atoms with E-state index in [0.29, 0.717) is 17.1 Å². The van der Waals surface area contributed by atoms with Gasteiger partial charge in [-0.1, -0.05) is 6.07 Å². The third-order valence-electron chi connectivity index (χ3n) is 4.71. The largest absolute Gasteiger partial charge is 0.497 e. The maximum absolute atomic E-state index is 12.7. The van der Waals surface area contributed by atoms with E-state index in [4.69, 9.17) is 9.47 Å². The molecule has 1 amide bonds. The summed E-state index contributed by atoms with van der Waals surface area (Å²) in [4.78, 5) is 23.3. The van der Waals surface area contributed by atoms with E-state index in [1.54, 1.807) is 25.1 Å². The van der Waals surface area contributed by atoms with Crippen molar-refractivity contribution in [3.05, 3.63) is 57.6 Å². The van der Waals surface area contributed by atoms with Crippen LogP contribution < -0.4 is 19.1 Å². The average molecular weight is 452 g/mol.